The summed E-state index contributed by atoms with van der Waals surface area (Å²) in [6.45, 7) is 3.52. The number of sulfone groups is 1. The van der Waals surface area contributed by atoms with Gasteiger partial charge in [-0.1, -0.05) is 30.3 Å². The monoisotopic (exact) mass is 628 g/mol. The van der Waals surface area contributed by atoms with Crippen molar-refractivity contribution in [3.63, 3.8) is 0 Å². The molecule has 1 saturated carbocycles. The molecule has 5 rings (SSSR count). The molecular weight excluding hydrogens is 591 g/mol. The van der Waals surface area contributed by atoms with Gasteiger partial charge in [0.1, 0.15) is 5.82 Å². The van der Waals surface area contributed by atoms with Crippen LogP contribution in [0.3, 0.4) is 0 Å². The van der Waals surface area contributed by atoms with Crippen LogP contribution in [-0.2, 0) is 31.2 Å². The molecule has 12 heteroatoms. The van der Waals surface area contributed by atoms with E-state index in [1.54, 1.807) is 42.6 Å². The van der Waals surface area contributed by atoms with Crippen LogP contribution in [-0.4, -0.2) is 63.3 Å². The Labute approximate surface area is 252 Å². The summed E-state index contributed by atoms with van der Waals surface area (Å²) in [6, 6.07) is 16.0. The van der Waals surface area contributed by atoms with Crippen LogP contribution >= 0.6 is 0 Å². The Morgan fingerprint density at radius 3 is 2.23 bits per heavy atom. The molecule has 0 bridgehead atoms. The van der Waals surface area contributed by atoms with Crippen molar-refractivity contribution in [3.8, 4) is 11.3 Å². The van der Waals surface area contributed by atoms with Gasteiger partial charge in [-0.05, 0) is 74.1 Å². The Balaban J connectivity index is 1.10. The third kappa shape index (κ3) is 8.26. The lowest BCUT2D eigenvalue weighted by molar-refractivity contribution is -0.126. The standard InChI is InChI=1S/C31H37FN4O5S2/c1-22(24-3-9-27(32)10-4-24)34-31(37)26-5-11-28(12-6-26)35-43(40,41)29-13-7-25(8-14-29)30-15-2-23(20-33-30)21-36-16-18-42(38,39)19-17-36/h2-4,7-10,13-15,20,22,26,28,35H,5-6,11-12,16-19,21H2,1H3,(H,34,37)/t22-,26-,28-/m1/s1. The predicted octanol–water partition coefficient (Wildman–Crippen LogP) is 3.83. The molecule has 9 nitrogen and oxygen atoms in total. The van der Waals surface area contributed by atoms with Crippen LogP contribution in [0.5, 0.6) is 0 Å². The van der Waals surface area contributed by atoms with Crippen molar-refractivity contribution in [3.05, 3.63) is 83.8 Å². The van der Waals surface area contributed by atoms with E-state index < -0.39 is 19.9 Å². The minimum absolute atomic E-state index is 0.0719. The van der Waals surface area contributed by atoms with Crippen molar-refractivity contribution in [2.24, 2.45) is 5.92 Å². The molecule has 1 amide bonds. The van der Waals surface area contributed by atoms with Crippen LogP contribution in [0.1, 0.15) is 49.8 Å². The van der Waals surface area contributed by atoms with Gasteiger partial charge in [0.2, 0.25) is 15.9 Å². The van der Waals surface area contributed by atoms with Crippen LogP contribution < -0.4 is 10.0 Å². The van der Waals surface area contributed by atoms with Crippen molar-refractivity contribution >= 4 is 25.8 Å². The van der Waals surface area contributed by atoms with Gasteiger partial charge in [-0.15, -0.1) is 0 Å². The highest BCUT2D eigenvalue weighted by molar-refractivity contribution is 7.91. The number of rotatable bonds is 9. The molecule has 43 heavy (non-hydrogen) atoms. The molecule has 1 aliphatic carbocycles. The second kappa shape index (κ2) is 13.2. The van der Waals surface area contributed by atoms with Gasteiger partial charge >= 0.3 is 0 Å². The van der Waals surface area contributed by atoms with Crippen molar-refractivity contribution in [1.82, 2.24) is 19.9 Å². The molecule has 1 aromatic heterocycles. The van der Waals surface area contributed by atoms with Gasteiger partial charge in [0, 0.05) is 43.4 Å². The molecule has 3 aromatic rings. The molecule has 0 unspecified atom stereocenters. The molecule has 2 aromatic carbocycles. The number of benzene rings is 2. The number of carbonyl (C=O) groups is 1. The maximum Gasteiger partial charge on any atom is 0.240 e. The Morgan fingerprint density at radius 2 is 1.63 bits per heavy atom. The Bertz CT molecular complexity index is 1610. The summed E-state index contributed by atoms with van der Waals surface area (Å²) in [5.41, 5.74) is 3.31. The van der Waals surface area contributed by atoms with E-state index in [1.165, 1.54) is 12.1 Å². The van der Waals surface area contributed by atoms with Gasteiger partial charge in [0.05, 0.1) is 28.1 Å². The minimum atomic E-state index is -3.74. The average Bonchev–Trinajstić information content (AvgIpc) is 2.99. The van der Waals surface area contributed by atoms with E-state index in [9.17, 15) is 26.0 Å². The topological polar surface area (TPSA) is 126 Å². The van der Waals surface area contributed by atoms with Gasteiger partial charge in [-0.2, -0.15) is 0 Å². The van der Waals surface area contributed by atoms with Crippen molar-refractivity contribution in [2.45, 2.75) is 56.1 Å². The normalized spacial score (nSPS) is 21.6. The van der Waals surface area contributed by atoms with Gasteiger partial charge in [0.25, 0.3) is 0 Å². The number of carbonyl (C=O) groups excluding carboxylic acids is 1. The molecule has 2 N–H and O–H groups in total. The fourth-order valence-electron chi connectivity index (χ4n) is 5.59. The molecule has 0 spiro atoms. The maximum absolute atomic E-state index is 13.2. The van der Waals surface area contributed by atoms with E-state index in [0.29, 0.717) is 51.0 Å². The second-order valence-electron chi connectivity index (χ2n) is 11.5. The van der Waals surface area contributed by atoms with Crippen molar-refractivity contribution in [1.29, 1.82) is 0 Å². The minimum Gasteiger partial charge on any atom is -0.349 e. The summed E-state index contributed by atoms with van der Waals surface area (Å²) >= 11 is 0. The van der Waals surface area contributed by atoms with Gasteiger partial charge in [0.15, 0.2) is 9.84 Å². The predicted molar refractivity (Wildman–Crippen MR) is 163 cm³/mol. The highest BCUT2D eigenvalue weighted by Gasteiger charge is 2.30. The highest BCUT2D eigenvalue weighted by Crippen LogP contribution is 2.27. The zero-order valence-corrected chi connectivity index (χ0v) is 25.7. The van der Waals surface area contributed by atoms with Crippen molar-refractivity contribution < 1.29 is 26.0 Å². The summed E-state index contributed by atoms with van der Waals surface area (Å²) in [6.07, 6.45) is 4.04. The number of amides is 1. The lowest BCUT2D eigenvalue weighted by Crippen LogP contribution is -2.41. The van der Waals surface area contributed by atoms with E-state index in [4.69, 9.17) is 0 Å². The lowest BCUT2D eigenvalue weighted by atomic mass is 9.85. The summed E-state index contributed by atoms with van der Waals surface area (Å²) in [5, 5.41) is 2.99. The molecule has 1 saturated heterocycles. The number of halogens is 1. The molecule has 1 atom stereocenters. The third-order valence-corrected chi connectivity index (χ3v) is 11.4. The zero-order chi connectivity index (χ0) is 30.6. The first-order valence-electron chi connectivity index (χ1n) is 14.5. The number of hydrogen-bond donors (Lipinski definition) is 2. The van der Waals surface area contributed by atoms with Crippen LogP contribution in [0, 0.1) is 11.7 Å². The van der Waals surface area contributed by atoms with E-state index in [1.807, 2.05) is 19.1 Å². The largest absolute Gasteiger partial charge is 0.349 e. The fourth-order valence-corrected chi connectivity index (χ4v) is 8.17. The number of pyridine rings is 1. The number of aromatic nitrogens is 1. The summed E-state index contributed by atoms with van der Waals surface area (Å²) in [4.78, 5) is 19.6. The van der Waals surface area contributed by atoms with Crippen LogP contribution in [0.25, 0.3) is 11.3 Å². The molecule has 1 aliphatic heterocycles. The SMILES string of the molecule is C[C@@H](NC(=O)[C@H]1CC[C@H](NS(=O)(=O)c2ccc(-c3ccc(CN4CCS(=O)(=O)CC4)cn3)cc2)CC1)c1ccc(F)cc1. The van der Waals surface area contributed by atoms with E-state index >= 15 is 0 Å². The maximum atomic E-state index is 13.2. The van der Waals surface area contributed by atoms with Gasteiger partial charge in [-0.25, -0.2) is 25.9 Å². The number of nitrogens with zero attached hydrogens (tertiary/aromatic N) is 2. The Kier molecular flexibility index (Phi) is 9.60. The zero-order valence-electron chi connectivity index (χ0n) is 24.1. The van der Waals surface area contributed by atoms with Crippen LogP contribution in [0.4, 0.5) is 4.39 Å². The molecule has 0 radical (unpaired) electrons. The second-order valence-corrected chi connectivity index (χ2v) is 15.5. The van der Waals surface area contributed by atoms with E-state index in [2.05, 4.69) is 19.9 Å². The number of hydrogen-bond acceptors (Lipinski definition) is 7. The first-order valence-corrected chi connectivity index (χ1v) is 17.8. The van der Waals surface area contributed by atoms with Gasteiger partial charge < -0.3 is 5.32 Å². The summed E-state index contributed by atoms with van der Waals surface area (Å²) in [7, 11) is -6.66. The molecule has 2 aliphatic rings. The molecule has 230 valence electrons. The first-order chi connectivity index (χ1) is 20.5. The highest BCUT2D eigenvalue weighted by atomic mass is 32.2. The summed E-state index contributed by atoms with van der Waals surface area (Å²) in [5.74, 6) is -0.231. The average molecular weight is 629 g/mol. The Hall–Kier alpha value is -3.19. The molecule has 2 heterocycles. The van der Waals surface area contributed by atoms with Gasteiger partial charge in [-0.3, -0.25) is 14.7 Å². The summed E-state index contributed by atoms with van der Waals surface area (Å²) < 4.78 is 65.5. The van der Waals surface area contributed by atoms with Crippen molar-refractivity contribution in [2.75, 3.05) is 24.6 Å². The third-order valence-electron chi connectivity index (χ3n) is 8.28. The number of nitrogens with one attached hydrogen (secondary N) is 2. The van der Waals surface area contributed by atoms with E-state index in [-0.39, 0.29) is 46.1 Å². The number of sulfonamides is 1. The first kappa shape index (κ1) is 31.2. The quantitative estimate of drug-likeness (QED) is 0.369. The van der Waals surface area contributed by atoms with E-state index in [0.717, 1.165) is 16.7 Å². The van der Waals surface area contributed by atoms with Crippen LogP contribution in [0.2, 0.25) is 0 Å². The van der Waals surface area contributed by atoms with Crippen LogP contribution in [0.15, 0.2) is 71.8 Å². The lowest BCUT2D eigenvalue weighted by Gasteiger charge is -2.29. The molecular formula is C31H37FN4O5S2. The smallest absolute Gasteiger partial charge is 0.240 e. The fraction of sp³-hybridized carbons (Fsp3) is 0.419. The Morgan fingerprint density at radius 1 is 0.977 bits per heavy atom. The molecule has 2 fully saturated rings.